The third kappa shape index (κ3) is 6.84. The Labute approximate surface area is 239 Å². The molecule has 0 atom stereocenters. The molecule has 5 rings (SSSR count). The van der Waals surface area contributed by atoms with E-state index < -0.39 is 26.7 Å². The van der Waals surface area contributed by atoms with Gasteiger partial charge in [-0.3, -0.25) is 4.79 Å². The summed E-state index contributed by atoms with van der Waals surface area (Å²) in [7, 11) is -4.25. The number of carbonyl (C=O) groups is 1. The molecule has 0 aliphatic carbocycles. The summed E-state index contributed by atoms with van der Waals surface area (Å²) < 4.78 is 40.0. The Bertz CT molecular complexity index is 1720. The number of benzene rings is 1. The number of nitrogens with zero attached hydrogens (tertiary/aromatic N) is 3. The Morgan fingerprint density at radius 2 is 1.83 bits per heavy atom. The van der Waals surface area contributed by atoms with E-state index in [9.17, 15) is 27.5 Å². The lowest BCUT2D eigenvalue weighted by Gasteiger charge is -2.26. The maximum absolute atomic E-state index is 13.2. The summed E-state index contributed by atoms with van der Waals surface area (Å²) in [5.74, 6) is -0.189. The number of hydrogen-bond acceptors (Lipinski definition) is 9. The van der Waals surface area contributed by atoms with Crippen LogP contribution in [-0.2, 0) is 10.0 Å². The molecule has 2 amide bonds. The van der Waals surface area contributed by atoms with Gasteiger partial charge in [0.2, 0.25) is 5.88 Å². The second kappa shape index (κ2) is 12.2. The molecule has 0 bridgehead atoms. The molecular formula is C27H29FN6O5S2. The molecule has 4 N–H and O–H groups in total. The molecule has 0 radical (unpaired) electrons. The van der Waals surface area contributed by atoms with E-state index in [4.69, 9.17) is 0 Å². The van der Waals surface area contributed by atoms with E-state index in [1.807, 2.05) is 12.1 Å². The van der Waals surface area contributed by atoms with Crippen molar-refractivity contribution < 1.29 is 22.7 Å². The maximum Gasteiger partial charge on any atom is 0.333 e. The number of urea groups is 1. The zero-order valence-electron chi connectivity index (χ0n) is 22.0. The van der Waals surface area contributed by atoms with Gasteiger partial charge < -0.3 is 20.6 Å². The molecule has 1 aromatic carbocycles. The van der Waals surface area contributed by atoms with Crippen LogP contribution in [0, 0.1) is 5.13 Å². The van der Waals surface area contributed by atoms with Crippen LogP contribution in [0.3, 0.4) is 0 Å². The van der Waals surface area contributed by atoms with E-state index in [0.717, 1.165) is 55.0 Å². The fourth-order valence-electron chi connectivity index (χ4n) is 4.72. The van der Waals surface area contributed by atoms with Crippen LogP contribution in [0.25, 0.3) is 16.6 Å². The van der Waals surface area contributed by atoms with Crippen LogP contribution >= 0.6 is 11.3 Å². The van der Waals surface area contributed by atoms with E-state index >= 15 is 0 Å². The first-order valence-electron chi connectivity index (χ1n) is 13.1. The second-order valence-electron chi connectivity index (χ2n) is 9.65. The van der Waals surface area contributed by atoms with E-state index in [1.165, 1.54) is 43.7 Å². The molecule has 11 nitrogen and oxygen atoms in total. The number of hydrogen-bond donors (Lipinski definition) is 4. The van der Waals surface area contributed by atoms with E-state index in [0.29, 0.717) is 22.1 Å². The van der Waals surface area contributed by atoms with Gasteiger partial charge in [0.25, 0.3) is 15.6 Å². The molecule has 0 saturated carbocycles. The summed E-state index contributed by atoms with van der Waals surface area (Å²) in [4.78, 5) is 31.7. The van der Waals surface area contributed by atoms with Crippen molar-refractivity contribution in [3.05, 3.63) is 70.2 Å². The summed E-state index contributed by atoms with van der Waals surface area (Å²) in [6.45, 7) is 4.17. The number of piperidine rings is 1. The van der Waals surface area contributed by atoms with Gasteiger partial charge in [0, 0.05) is 23.7 Å². The largest absolute Gasteiger partial charge is 0.494 e. The number of aromatic hydroxyl groups is 1. The molecule has 1 aliphatic heterocycles. The normalized spacial score (nSPS) is 14.2. The smallest absolute Gasteiger partial charge is 0.333 e. The number of nitrogens with one attached hydrogen (secondary N) is 3. The highest BCUT2D eigenvalue weighted by Crippen LogP contribution is 2.27. The summed E-state index contributed by atoms with van der Waals surface area (Å²) in [5.41, 5.74) is 0.478. The highest BCUT2D eigenvalue weighted by molar-refractivity contribution is 7.92. The van der Waals surface area contributed by atoms with E-state index in [1.54, 1.807) is 10.8 Å². The van der Waals surface area contributed by atoms with Crippen molar-refractivity contribution in [1.82, 2.24) is 19.2 Å². The third-order valence-corrected chi connectivity index (χ3v) is 9.40. The number of rotatable bonds is 9. The molecule has 41 heavy (non-hydrogen) atoms. The van der Waals surface area contributed by atoms with Gasteiger partial charge in [-0.15, -0.1) is 0 Å². The molecule has 1 aliphatic rings. The molecule has 0 unspecified atom stereocenters. The Morgan fingerprint density at radius 1 is 1.05 bits per heavy atom. The summed E-state index contributed by atoms with van der Waals surface area (Å²) in [5, 5.41) is 16.9. The Hall–Kier alpha value is -4.01. The van der Waals surface area contributed by atoms with Crippen molar-refractivity contribution in [2.45, 2.75) is 29.9 Å². The fraction of sp³-hybridized carbons (Fsp3) is 0.296. The molecule has 4 aromatic rings. The SMILES string of the molecule is O=C(Nc1ccc(-n2c(O)c3ccc(NCCCN4CCCCC4)cc3cc2=O)nc1)NS(=O)(=O)c1ccc(F)s1. The quantitative estimate of drug-likeness (QED) is 0.210. The second-order valence-corrected chi connectivity index (χ2v) is 12.6. The van der Waals surface area contributed by atoms with Crippen molar-refractivity contribution in [1.29, 1.82) is 0 Å². The van der Waals surface area contributed by atoms with Crippen molar-refractivity contribution in [3.63, 3.8) is 0 Å². The molecule has 4 heterocycles. The minimum atomic E-state index is -4.25. The van der Waals surface area contributed by atoms with Gasteiger partial charge >= 0.3 is 6.03 Å². The van der Waals surface area contributed by atoms with Crippen LogP contribution in [0.1, 0.15) is 25.7 Å². The maximum atomic E-state index is 13.2. The van der Waals surface area contributed by atoms with Gasteiger partial charge in [0.15, 0.2) is 5.13 Å². The zero-order chi connectivity index (χ0) is 29.0. The van der Waals surface area contributed by atoms with Crippen molar-refractivity contribution in [2.75, 3.05) is 36.8 Å². The highest BCUT2D eigenvalue weighted by atomic mass is 32.2. The van der Waals surface area contributed by atoms with Crippen LogP contribution in [0.4, 0.5) is 20.6 Å². The molecule has 1 saturated heterocycles. The number of likely N-dealkylation sites (tertiary alicyclic amines) is 1. The number of carbonyl (C=O) groups excluding carboxylic acids is 1. The van der Waals surface area contributed by atoms with E-state index in [2.05, 4.69) is 20.5 Å². The first-order valence-corrected chi connectivity index (χ1v) is 15.4. The number of fused-ring (bicyclic) bond motifs is 1. The van der Waals surface area contributed by atoms with Gasteiger partial charge in [-0.25, -0.2) is 27.5 Å². The number of anilines is 2. The number of halogens is 1. The summed E-state index contributed by atoms with van der Waals surface area (Å²) >= 11 is 0.385. The molecule has 14 heteroatoms. The molecular weight excluding hydrogens is 571 g/mol. The van der Waals surface area contributed by atoms with Gasteiger partial charge in [-0.2, -0.15) is 4.39 Å². The Balaban J connectivity index is 1.24. The molecule has 3 aromatic heterocycles. The average molecular weight is 601 g/mol. The van der Waals surface area contributed by atoms with Crippen LogP contribution in [0.2, 0.25) is 0 Å². The predicted molar refractivity (Wildman–Crippen MR) is 156 cm³/mol. The van der Waals surface area contributed by atoms with Gasteiger partial charge in [-0.05, 0) is 86.7 Å². The molecule has 0 spiro atoms. The predicted octanol–water partition coefficient (Wildman–Crippen LogP) is 4.09. The van der Waals surface area contributed by atoms with Crippen LogP contribution < -0.4 is 20.9 Å². The zero-order valence-corrected chi connectivity index (χ0v) is 23.6. The number of aromatic nitrogens is 2. The Kier molecular flexibility index (Phi) is 8.52. The number of sulfonamides is 1. The summed E-state index contributed by atoms with van der Waals surface area (Å²) in [6.07, 6.45) is 6.06. The van der Waals surface area contributed by atoms with Gasteiger partial charge in [0.1, 0.15) is 10.0 Å². The van der Waals surface area contributed by atoms with Gasteiger partial charge in [0.05, 0.1) is 11.9 Å². The van der Waals surface area contributed by atoms with Crippen LogP contribution in [-0.4, -0.2) is 60.2 Å². The highest BCUT2D eigenvalue weighted by Gasteiger charge is 2.20. The minimum Gasteiger partial charge on any atom is -0.494 e. The standard InChI is InChI=1S/C27H29FN6O5S2/c28-22-8-10-25(40-22)41(38,39)32-27(37)31-20-6-9-23(30-17-20)34-24(35)16-18-15-19(5-7-21(18)26(34)36)29-11-4-14-33-12-2-1-3-13-33/h5-10,15-17,29,36H,1-4,11-14H2,(H2,31,32,37). The Morgan fingerprint density at radius 3 is 2.54 bits per heavy atom. The first-order chi connectivity index (χ1) is 19.7. The lowest BCUT2D eigenvalue weighted by molar-refractivity contribution is 0.228. The average Bonchev–Trinajstić information content (AvgIpc) is 3.39. The molecule has 1 fully saturated rings. The monoisotopic (exact) mass is 600 g/mol. The lowest BCUT2D eigenvalue weighted by atomic mass is 10.1. The minimum absolute atomic E-state index is 0.0990. The topological polar surface area (TPSA) is 146 Å². The fourth-order valence-corrected chi connectivity index (χ4v) is 6.63. The van der Waals surface area contributed by atoms with Crippen molar-refractivity contribution in [2.24, 2.45) is 0 Å². The van der Waals surface area contributed by atoms with E-state index in [-0.39, 0.29) is 21.6 Å². The number of amides is 2. The van der Waals surface area contributed by atoms with Crippen LogP contribution in [0.5, 0.6) is 5.88 Å². The number of pyridine rings is 2. The number of thiophene rings is 1. The lowest BCUT2D eigenvalue weighted by Crippen LogP contribution is -2.34. The first kappa shape index (κ1) is 28.5. The van der Waals surface area contributed by atoms with Gasteiger partial charge in [-0.1, -0.05) is 17.8 Å². The van der Waals surface area contributed by atoms with Crippen molar-refractivity contribution >= 4 is 49.5 Å². The molecule has 216 valence electrons. The summed E-state index contributed by atoms with van der Waals surface area (Å²) in [6, 6.07) is 10.5. The third-order valence-electron chi connectivity index (χ3n) is 6.71. The van der Waals surface area contributed by atoms with Crippen LogP contribution in [0.15, 0.2) is 63.7 Å². The van der Waals surface area contributed by atoms with Crippen molar-refractivity contribution in [3.8, 4) is 11.7 Å².